The normalized spacial score (nSPS) is 10.9. The van der Waals surface area contributed by atoms with Gasteiger partial charge < -0.3 is 14.8 Å². The molecule has 0 atom stereocenters. The predicted molar refractivity (Wildman–Crippen MR) is 86.5 cm³/mol. The van der Waals surface area contributed by atoms with E-state index in [1.165, 1.54) is 16.9 Å². The number of thioether (sulfide) groups is 1. The van der Waals surface area contributed by atoms with Crippen molar-refractivity contribution in [3.05, 3.63) is 29.8 Å². The van der Waals surface area contributed by atoms with E-state index in [4.69, 9.17) is 9.47 Å². The molecule has 20 heavy (non-hydrogen) atoms. The first-order valence-corrected chi connectivity index (χ1v) is 8.34. The van der Waals surface area contributed by atoms with Crippen LogP contribution in [0.5, 0.6) is 0 Å². The van der Waals surface area contributed by atoms with Crippen LogP contribution < -0.4 is 5.32 Å². The van der Waals surface area contributed by atoms with Gasteiger partial charge in [0.05, 0.1) is 13.2 Å². The van der Waals surface area contributed by atoms with Crippen molar-refractivity contribution in [1.82, 2.24) is 5.32 Å². The summed E-state index contributed by atoms with van der Waals surface area (Å²) >= 11 is 1.86. The van der Waals surface area contributed by atoms with Crippen molar-refractivity contribution in [2.45, 2.75) is 31.2 Å². The zero-order valence-electron chi connectivity index (χ0n) is 12.7. The third kappa shape index (κ3) is 8.59. The van der Waals surface area contributed by atoms with Crippen molar-refractivity contribution >= 4 is 11.8 Å². The van der Waals surface area contributed by atoms with Crippen LogP contribution in [0.4, 0.5) is 0 Å². The second-order valence-corrected chi connectivity index (χ2v) is 5.80. The quantitative estimate of drug-likeness (QED) is 0.473. The van der Waals surface area contributed by atoms with Gasteiger partial charge in [-0.15, -0.1) is 11.8 Å². The third-order valence-electron chi connectivity index (χ3n) is 2.85. The third-order valence-corrected chi connectivity index (χ3v) is 3.81. The molecule has 114 valence electrons. The largest absolute Gasteiger partial charge is 0.383 e. The molecule has 1 aromatic rings. The number of hydrogen-bond acceptors (Lipinski definition) is 4. The summed E-state index contributed by atoms with van der Waals surface area (Å²) in [5, 5.41) is 3.36. The molecule has 1 rings (SSSR count). The van der Waals surface area contributed by atoms with Crippen molar-refractivity contribution in [1.29, 1.82) is 0 Å². The summed E-state index contributed by atoms with van der Waals surface area (Å²) in [5.74, 6) is 1.02. The average molecular weight is 297 g/mol. The molecule has 0 unspecified atom stereocenters. The molecule has 0 aliphatic heterocycles. The predicted octanol–water partition coefficient (Wildman–Crippen LogP) is 3.33. The van der Waals surface area contributed by atoms with Crippen LogP contribution in [0, 0.1) is 0 Å². The molecular formula is C16H27NO2S. The molecule has 1 aromatic carbocycles. The summed E-state index contributed by atoms with van der Waals surface area (Å²) in [6, 6.07) is 8.68. The van der Waals surface area contributed by atoms with Crippen LogP contribution in [0.25, 0.3) is 0 Å². The standard InChI is InChI=1S/C16H27NO2S/c1-3-4-9-19-11-12-20-16-7-5-6-15(13-16)14-17-8-10-18-2/h5-7,13,17H,3-4,8-12,14H2,1-2H3. The summed E-state index contributed by atoms with van der Waals surface area (Å²) in [6.07, 6.45) is 2.36. The van der Waals surface area contributed by atoms with Crippen molar-refractivity contribution in [3.63, 3.8) is 0 Å². The van der Waals surface area contributed by atoms with Gasteiger partial charge in [-0.2, -0.15) is 0 Å². The molecular weight excluding hydrogens is 270 g/mol. The average Bonchev–Trinajstić information content (AvgIpc) is 2.48. The monoisotopic (exact) mass is 297 g/mol. The molecule has 1 N–H and O–H groups in total. The minimum absolute atomic E-state index is 0.754. The molecule has 0 aromatic heterocycles. The van der Waals surface area contributed by atoms with E-state index in [0.717, 1.165) is 45.1 Å². The smallest absolute Gasteiger partial charge is 0.0587 e. The summed E-state index contributed by atoms with van der Waals surface area (Å²) in [4.78, 5) is 1.31. The van der Waals surface area contributed by atoms with Crippen LogP contribution in [-0.4, -0.2) is 39.2 Å². The van der Waals surface area contributed by atoms with Gasteiger partial charge in [0, 0.05) is 37.5 Å². The van der Waals surface area contributed by atoms with Crippen molar-refractivity contribution in [2.75, 3.05) is 39.2 Å². The van der Waals surface area contributed by atoms with E-state index in [-0.39, 0.29) is 0 Å². The first-order chi connectivity index (χ1) is 9.86. The van der Waals surface area contributed by atoms with Crippen molar-refractivity contribution in [3.8, 4) is 0 Å². The molecule has 0 radical (unpaired) electrons. The lowest BCUT2D eigenvalue weighted by atomic mass is 10.2. The van der Waals surface area contributed by atoms with Gasteiger partial charge in [0.25, 0.3) is 0 Å². The molecule has 0 saturated carbocycles. The SMILES string of the molecule is CCCCOCCSc1cccc(CNCCOC)c1. The zero-order valence-corrected chi connectivity index (χ0v) is 13.5. The molecule has 0 bridgehead atoms. The van der Waals surface area contributed by atoms with Crippen LogP contribution in [0.3, 0.4) is 0 Å². The highest BCUT2D eigenvalue weighted by atomic mass is 32.2. The Hall–Kier alpha value is -0.550. The van der Waals surface area contributed by atoms with Crippen molar-refractivity contribution in [2.24, 2.45) is 0 Å². The topological polar surface area (TPSA) is 30.5 Å². The van der Waals surface area contributed by atoms with Gasteiger partial charge in [0.15, 0.2) is 0 Å². The van der Waals surface area contributed by atoms with E-state index in [0.29, 0.717) is 0 Å². The number of hydrogen-bond donors (Lipinski definition) is 1. The van der Waals surface area contributed by atoms with Gasteiger partial charge in [-0.25, -0.2) is 0 Å². The molecule has 3 nitrogen and oxygen atoms in total. The second kappa shape index (κ2) is 12.2. The fourth-order valence-corrected chi connectivity index (χ4v) is 2.57. The van der Waals surface area contributed by atoms with E-state index in [9.17, 15) is 0 Å². The Labute approximate surface area is 127 Å². The Morgan fingerprint density at radius 2 is 2.10 bits per heavy atom. The van der Waals surface area contributed by atoms with E-state index in [1.54, 1.807) is 7.11 Å². The number of benzene rings is 1. The van der Waals surface area contributed by atoms with Gasteiger partial charge in [-0.05, 0) is 24.1 Å². The number of methoxy groups -OCH3 is 1. The Kier molecular flexibility index (Phi) is 10.7. The van der Waals surface area contributed by atoms with Crippen LogP contribution in [0.15, 0.2) is 29.2 Å². The zero-order chi connectivity index (χ0) is 14.5. The lowest BCUT2D eigenvalue weighted by molar-refractivity contribution is 0.147. The van der Waals surface area contributed by atoms with Crippen LogP contribution in [0.2, 0.25) is 0 Å². The number of unbranched alkanes of at least 4 members (excludes halogenated alkanes) is 1. The highest BCUT2D eigenvalue weighted by molar-refractivity contribution is 7.99. The Bertz CT molecular complexity index is 347. The van der Waals surface area contributed by atoms with Gasteiger partial charge >= 0.3 is 0 Å². The number of rotatable bonds is 12. The maximum atomic E-state index is 5.57. The fourth-order valence-electron chi connectivity index (χ4n) is 1.72. The molecule has 0 aliphatic carbocycles. The Morgan fingerprint density at radius 3 is 2.90 bits per heavy atom. The lowest BCUT2D eigenvalue weighted by Crippen LogP contribution is -2.18. The first kappa shape index (κ1) is 17.5. The van der Waals surface area contributed by atoms with E-state index in [1.807, 2.05) is 11.8 Å². The summed E-state index contributed by atoms with van der Waals surface area (Å²) in [7, 11) is 1.72. The first-order valence-electron chi connectivity index (χ1n) is 7.36. The summed E-state index contributed by atoms with van der Waals surface area (Å²) < 4.78 is 10.6. The molecule has 0 fully saturated rings. The Balaban J connectivity index is 2.18. The van der Waals surface area contributed by atoms with E-state index >= 15 is 0 Å². The van der Waals surface area contributed by atoms with Gasteiger partial charge in [0.2, 0.25) is 0 Å². The minimum atomic E-state index is 0.754. The van der Waals surface area contributed by atoms with Crippen LogP contribution in [-0.2, 0) is 16.0 Å². The molecule has 4 heteroatoms. The molecule has 0 aliphatic rings. The van der Waals surface area contributed by atoms with Crippen molar-refractivity contribution < 1.29 is 9.47 Å². The molecule has 0 amide bonds. The maximum Gasteiger partial charge on any atom is 0.0587 e. The van der Waals surface area contributed by atoms with Gasteiger partial charge in [-0.3, -0.25) is 0 Å². The van der Waals surface area contributed by atoms with Crippen LogP contribution >= 0.6 is 11.8 Å². The fraction of sp³-hybridized carbons (Fsp3) is 0.625. The Morgan fingerprint density at radius 1 is 1.20 bits per heavy atom. The number of nitrogens with one attached hydrogen (secondary N) is 1. The second-order valence-electron chi connectivity index (χ2n) is 4.63. The molecule has 0 heterocycles. The molecule has 0 saturated heterocycles. The van der Waals surface area contributed by atoms with Gasteiger partial charge in [-0.1, -0.05) is 25.5 Å². The highest BCUT2D eigenvalue weighted by Gasteiger charge is 1.97. The number of ether oxygens (including phenoxy) is 2. The minimum Gasteiger partial charge on any atom is -0.383 e. The van der Waals surface area contributed by atoms with E-state index < -0.39 is 0 Å². The molecule has 0 spiro atoms. The van der Waals surface area contributed by atoms with Gasteiger partial charge in [0.1, 0.15) is 0 Å². The van der Waals surface area contributed by atoms with E-state index in [2.05, 4.69) is 36.5 Å². The van der Waals surface area contributed by atoms with Crippen LogP contribution in [0.1, 0.15) is 25.3 Å². The maximum absolute atomic E-state index is 5.57. The summed E-state index contributed by atoms with van der Waals surface area (Å²) in [6.45, 7) is 6.44. The lowest BCUT2D eigenvalue weighted by Gasteiger charge is -2.07. The highest BCUT2D eigenvalue weighted by Crippen LogP contribution is 2.18. The summed E-state index contributed by atoms with van der Waals surface area (Å²) in [5.41, 5.74) is 1.32.